The number of nitrogens with zero attached hydrogens (tertiary/aromatic N) is 2. The topological polar surface area (TPSA) is 29.9 Å². The van der Waals surface area contributed by atoms with Crippen LogP contribution in [0.2, 0.25) is 0 Å². The highest BCUT2D eigenvalue weighted by atomic mass is 19.1. The molecule has 1 N–H and O–H groups in total. The number of rotatable bonds is 6. The fourth-order valence-electron chi connectivity index (χ4n) is 2.66. The Morgan fingerprint density at radius 1 is 1.24 bits per heavy atom. The second-order valence-corrected chi connectivity index (χ2v) is 5.36. The minimum absolute atomic E-state index is 0.173. The van der Waals surface area contributed by atoms with Gasteiger partial charge in [0.25, 0.3) is 0 Å². The van der Waals surface area contributed by atoms with E-state index in [-0.39, 0.29) is 5.82 Å². The van der Waals surface area contributed by atoms with Gasteiger partial charge in [-0.1, -0.05) is 26.0 Å². The van der Waals surface area contributed by atoms with E-state index in [1.54, 1.807) is 6.07 Å². The number of benzene rings is 1. The van der Waals surface area contributed by atoms with Crippen LogP contribution in [0, 0.1) is 19.7 Å². The molecule has 0 spiro atoms. The molecule has 0 aliphatic carbocycles. The van der Waals surface area contributed by atoms with Gasteiger partial charge in [0.05, 0.1) is 5.69 Å². The number of nitrogens with one attached hydrogen (secondary N) is 1. The molecule has 1 aromatic heterocycles. The molecule has 4 heteroatoms. The molecule has 21 heavy (non-hydrogen) atoms. The Bertz CT molecular complexity index is 617. The predicted molar refractivity (Wildman–Crippen MR) is 84.8 cm³/mol. The summed E-state index contributed by atoms with van der Waals surface area (Å²) in [6, 6.07) is 5.47. The van der Waals surface area contributed by atoms with E-state index >= 15 is 0 Å². The Morgan fingerprint density at radius 3 is 2.62 bits per heavy atom. The van der Waals surface area contributed by atoms with Gasteiger partial charge < -0.3 is 5.32 Å². The van der Waals surface area contributed by atoms with Crippen LogP contribution in [0.5, 0.6) is 0 Å². The van der Waals surface area contributed by atoms with E-state index < -0.39 is 0 Å². The van der Waals surface area contributed by atoms with Crippen LogP contribution < -0.4 is 5.32 Å². The largest absolute Gasteiger partial charge is 0.313 e. The number of halogens is 1. The van der Waals surface area contributed by atoms with E-state index in [1.807, 2.05) is 37.6 Å². The van der Waals surface area contributed by atoms with Crippen molar-refractivity contribution in [2.75, 3.05) is 6.54 Å². The smallest absolute Gasteiger partial charge is 0.131 e. The molecule has 0 saturated carbocycles. The Balaban J connectivity index is 2.38. The first-order valence-corrected chi connectivity index (χ1v) is 7.62. The third kappa shape index (κ3) is 3.32. The first-order valence-electron chi connectivity index (χ1n) is 7.62. The SMILES string of the molecule is CCCn1nc(C)c(-c2ccc(CNCC)cc2F)c1C. The van der Waals surface area contributed by atoms with Gasteiger partial charge in [-0.3, -0.25) is 4.68 Å². The van der Waals surface area contributed by atoms with Gasteiger partial charge >= 0.3 is 0 Å². The van der Waals surface area contributed by atoms with E-state index in [4.69, 9.17) is 0 Å². The maximum atomic E-state index is 14.5. The summed E-state index contributed by atoms with van der Waals surface area (Å²) in [5.74, 6) is -0.173. The van der Waals surface area contributed by atoms with Gasteiger partial charge in [-0.25, -0.2) is 4.39 Å². The fourth-order valence-corrected chi connectivity index (χ4v) is 2.66. The van der Waals surface area contributed by atoms with E-state index in [0.29, 0.717) is 12.1 Å². The van der Waals surface area contributed by atoms with Gasteiger partial charge in [-0.15, -0.1) is 0 Å². The molecule has 0 bridgehead atoms. The summed E-state index contributed by atoms with van der Waals surface area (Å²) >= 11 is 0. The molecule has 0 aliphatic rings. The molecule has 0 unspecified atom stereocenters. The summed E-state index contributed by atoms with van der Waals surface area (Å²) < 4.78 is 16.4. The molecule has 114 valence electrons. The van der Waals surface area contributed by atoms with Crippen LogP contribution in [0.1, 0.15) is 37.2 Å². The number of aryl methyl sites for hydroxylation is 2. The second kappa shape index (κ2) is 6.85. The van der Waals surface area contributed by atoms with Crippen LogP contribution in [0.25, 0.3) is 11.1 Å². The Hall–Kier alpha value is -1.68. The van der Waals surface area contributed by atoms with Gasteiger partial charge in [-0.2, -0.15) is 5.10 Å². The van der Waals surface area contributed by atoms with Crippen molar-refractivity contribution in [1.82, 2.24) is 15.1 Å². The highest BCUT2D eigenvalue weighted by Gasteiger charge is 2.16. The predicted octanol–water partition coefficient (Wildman–Crippen LogP) is 3.83. The Morgan fingerprint density at radius 2 is 2.00 bits per heavy atom. The number of hydrogen-bond donors (Lipinski definition) is 1. The van der Waals surface area contributed by atoms with Gasteiger partial charge in [0.2, 0.25) is 0 Å². The molecule has 1 aromatic carbocycles. The maximum Gasteiger partial charge on any atom is 0.131 e. The lowest BCUT2D eigenvalue weighted by Gasteiger charge is -2.08. The zero-order valence-corrected chi connectivity index (χ0v) is 13.3. The van der Waals surface area contributed by atoms with Crippen molar-refractivity contribution in [3.63, 3.8) is 0 Å². The summed E-state index contributed by atoms with van der Waals surface area (Å²) in [5.41, 5.74) is 4.46. The number of aromatic nitrogens is 2. The van der Waals surface area contributed by atoms with Gasteiger partial charge in [0.1, 0.15) is 5.82 Å². The Kier molecular flexibility index (Phi) is 5.12. The standard InChI is InChI=1S/C17H24FN3/c1-5-9-21-13(4)17(12(3)20-21)15-8-7-14(10-16(15)18)11-19-6-2/h7-8,10,19H,5-6,9,11H2,1-4H3. The summed E-state index contributed by atoms with van der Waals surface area (Å²) in [6.07, 6.45) is 1.02. The van der Waals surface area contributed by atoms with E-state index in [2.05, 4.69) is 17.3 Å². The molecule has 1 heterocycles. The zero-order valence-electron chi connectivity index (χ0n) is 13.3. The van der Waals surface area contributed by atoms with Crippen molar-refractivity contribution < 1.29 is 4.39 Å². The lowest BCUT2D eigenvalue weighted by Crippen LogP contribution is -2.11. The van der Waals surface area contributed by atoms with Crippen molar-refractivity contribution in [3.05, 3.63) is 41.0 Å². The summed E-state index contributed by atoms with van der Waals surface area (Å²) in [4.78, 5) is 0. The lowest BCUT2D eigenvalue weighted by molar-refractivity contribution is 0.583. The average Bonchev–Trinajstić information content (AvgIpc) is 2.72. The van der Waals surface area contributed by atoms with Crippen LogP contribution in [0.4, 0.5) is 4.39 Å². The van der Waals surface area contributed by atoms with E-state index in [9.17, 15) is 4.39 Å². The molecule has 0 atom stereocenters. The average molecular weight is 289 g/mol. The molecule has 0 radical (unpaired) electrons. The molecule has 0 amide bonds. The molecule has 0 saturated heterocycles. The van der Waals surface area contributed by atoms with Crippen LogP contribution in [0.15, 0.2) is 18.2 Å². The third-order valence-corrected chi connectivity index (χ3v) is 3.70. The normalized spacial score (nSPS) is 11.1. The quantitative estimate of drug-likeness (QED) is 0.876. The lowest BCUT2D eigenvalue weighted by atomic mass is 10.0. The van der Waals surface area contributed by atoms with E-state index in [1.165, 1.54) is 0 Å². The van der Waals surface area contributed by atoms with Crippen LogP contribution in [0.3, 0.4) is 0 Å². The van der Waals surface area contributed by atoms with Gasteiger partial charge in [0, 0.05) is 29.9 Å². The van der Waals surface area contributed by atoms with Crippen molar-refractivity contribution in [2.45, 2.75) is 47.2 Å². The number of hydrogen-bond acceptors (Lipinski definition) is 2. The third-order valence-electron chi connectivity index (χ3n) is 3.70. The molecular formula is C17H24FN3. The van der Waals surface area contributed by atoms with Crippen LogP contribution >= 0.6 is 0 Å². The Labute approximate surface area is 126 Å². The fraction of sp³-hybridized carbons (Fsp3) is 0.471. The molecule has 2 aromatic rings. The first-order chi connectivity index (χ1) is 10.1. The van der Waals surface area contributed by atoms with Crippen molar-refractivity contribution in [1.29, 1.82) is 0 Å². The monoisotopic (exact) mass is 289 g/mol. The van der Waals surface area contributed by atoms with Crippen molar-refractivity contribution >= 4 is 0 Å². The highest BCUT2D eigenvalue weighted by molar-refractivity contribution is 5.69. The van der Waals surface area contributed by atoms with Crippen molar-refractivity contribution in [3.8, 4) is 11.1 Å². The molecular weight excluding hydrogens is 265 g/mol. The van der Waals surface area contributed by atoms with Crippen LogP contribution in [-0.4, -0.2) is 16.3 Å². The first kappa shape index (κ1) is 15.7. The minimum atomic E-state index is -0.173. The van der Waals surface area contributed by atoms with Crippen LogP contribution in [-0.2, 0) is 13.1 Å². The van der Waals surface area contributed by atoms with Gasteiger partial charge in [-0.05, 0) is 38.4 Å². The zero-order chi connectivity index (χ0) is 15.4. The van der Waals surface area contributed by atoms with E-state index in [0.717, 1.165) is 42.0 Å². The summed E-state index contributed by atoms with van der Waals surface area (Å²) in [5, 5.41) is 7.74. The van der Waals surface area contributed by atoms with Crippen molar-refractivity contribution in [2.24, 2.45) is 0 Å². The summed E-state index contributed by atoms with van der Waals surface area (Å²) in [6.45, 7) is 10.6. The highest BCUT2D eigenvalue weighted by Crippen LogP contribution is 2.29. The molecule has 0 fully saturated rings. The minimum Gasteiger partial charge on any atom is -0.313 e. The maximum absolute atomic E-state index is 14.5. The molecule has 3 nitrogen and oxygen atoms in total. The molecule has 0 aliphatic heterocycles. The summed E-state index contributed by atoms with van der Waals surface area (Å²) in [7, 11) is 0. The van der Waals surface area contributed by atoms with Gasteiger partial charge in [0.15, 0.2) is 0 Å². The molecule has 2 rings (SSSR count). The second-order valence-electron chi connectivity index (χ2n) is 5.36.